The maximum absolute atomic E-state index is 12.1. The van der Waals surface area contributed by atoms with E-state index in [0.717, 1.165) is 31.2 Å². The number of ether oxygens (including phenoxy) is 2. The largest absolute Gasteiger partial charge is 0.483 e. The Morgan fingerprint density at radius 3 is 2.81 bits per heavy atom. The monoisotopic (exact) mass is 375 g/mol. The summed E-state index contributed by atoms with van der Waals surface area (Å²) in [4.78, 5) is 20.3. The number of nitrogens with one attached hydrogen (secondary N) is 1. The number of carbonyl (C=O) groups is 1. The van der Waals surface area contributed by atoms with E-state index in [9.17, 15) is 4.79 Å². The number of halogens is 1. The Morgan fingerprint density at radius 2 is 2.08 bits per heavy atom. The van der Waals surface area contributed by atoms with E-state index in [1.807, 2.05) is 13.0 Å². The first-order valence-corrected chi connectivity index (χ1v) is 9.09. The molecule has 0 aliphatic heterocycles. The van der Waals surface area contributed by atoms with Crippen LogP contribution in [0.5, 0.6) is 11.6 Å². The molecule has 6 nitrogen and oxygen atoms in total. The first-order chi connectivity index (χ1) is 12.6. The predicted octanol–water partition coefficient (Wildman–Crippen LogP) is 3.32. The van der Waals surface area contributed by atoms with Crippen molar-refractivity contribution in [2.75, 3.05) is 6.61 Å². The van der Waals surface area contributed by atoms with Crippen molar-refractivity contribution < 1.29 is 14.3 Å². The van der Waals surface area contributed by atoms with Gasteiger partial charge in [0.1, 0.15) is 11.9 Å². The highest BCUT2D eigenvalue weighted by molar-refractivity contribution is 6.31. The lowest BCUT2D eigenvalue weighted by atomic mass is 9.93. The minimum Gasteiger partial charge on any atom is -0.483 e. The first-order valence-electron chi connectivity index (χ1n) is 8.72. The van der Waals surface area contributed by atoms with E-state index < -0.39 is 0 Å². The van der Waals surface area contributed by atoms with Gasteiger partial charge < -0.3 is 14.8 Å². The Kier molecular flexibility index (Phi) is 6.28. The van der Waals surface area contributed by atoms with Crippen LogP contribution >= 0.6 is 11.6 Å². The van der Waals surface area contributed by atoms with E-state index in [2.05, 4.69) is 15.3 Å². The normalized spacial score (nSPS) is 19.6. The van der Waals surface area contributed by atoms with Crippen molar-refractivity contribution in [1.29, 1.82) is 0 Å². The standard InChI is InChI=1S/C19H22ClN3O3/c1-13-16(20)3-2-4-17(13)25-12-18(24)23-14-5-7-15(8-6-14)26-19-11-21-9-10-22-19/h2-4,9-11,14-15H,5-8,12H2,1H3,(H,23,24). The molecule has 1 amide bonds. The summed E-state index contributed by atoms with van der Waals surface area (Å²) < 4.78 is 11.4. The Bertz CT molecular complexity index is 734. The van der Waals surface area contributed by atoms with Gasteiger partial charge in [0, 0.05) is 29.0 Å². The van der Waals surface area contributed by atoms with Crippen molar-refractivity contribution in [2.45, 2.75) is 44.8 Å². The van der Waals surface area contributed by atoms with Gasteiger partial charge in [0.15, 0.2) is 6.61 Å². The number of aromatic nitrogens is 2. The highest BCUT2D eigenvalue weighted by Crippen LogP contribution is 2.25. The number of nitrogens with zero attached hydrogens (tertiary/aromatic N) is 2. The van der Waals surface area contributed by atoms with E-state index in [1.165, 1.54) is 0 Å². The van der Waals surface area contributed by atoms with E-state index >= 15 is 0 Å². The number of benzene rings is 1. The molecule has 26 heavy (non-hydrogen) atoms. The van der Waals surface area contributed by atoms with Gasteiger partial charge in [-0.25, -0.2) is 4.98 Å². The van der Waals surface area contributed by atoms with Gasteiger partial charge >= 0.3 is 0 Å². The fraction of sp³-hybridized carbons (Fsp3) is 0.421. The quantitative estimate of drug-likeness (QED) is 0.838. The zero-order chi connectivity index (χ0) is 18.4. The van der Waals surface area contributed by atoms with Crippen molar-refractivity contribution in [3.63, 3.8) is 0 Å². The van der Waals surface area contributed by atoms with Crippen LogP contribution in [0.1, 0.15) is 31.2 Å². The lowest BCUT2D eigenvalue weighted by Gasteiger charge is -2.29. The molecule has 1 aromatic heterocycles. The summed E-state index contributed by atoms with van der Waals surface area (Å²) in [6.45, 7) is 1.85. The molecule has 1 heterocycles. The molecule has 0 unspecified atom stereocenters. The van der Waals surface area contributed by atoms with Crippen molar-refractivity contribution in [3.05, 3.63) is 47.4 Å². The molecule has 0 spiro atoms. The zero-order valence-corrected chi connectivity index (χ0v) is 15.4. The maximum Gasteiger partial charge on any atom is 0.258 e. The molecule has 1 fully saturated rings. The average molecular weight is 376 g/mol. The van der Waals surface area contributed by atoms with Gasteiger partial charge in [-0.3, -0.25) is 9.78 Å². The van der Waals surface area contributed by atoms with Crippen LogP contribution < -0.4 is 14.8 Å². The van der Waals surface area contributed by atoms with Crippen molar-refractivity contribution in [1.82, 2.24) is 15.3 Å². The molecular formula is C19H22ClN3O3. The first kappa shape index (κ1) is 18.5. The van der Waals surface area contributed by atoms with Gasteiger partial charge in [0.2, 0.25) is 5.88 Å². The topological polar surface area (TPSA) is 73.3 Å². The average Bonchev–Trinajstić information content (AvgIpc) is 2.65. The number of carbonyl (C=O) groups excluding carboxylic acids is 1. The van der Waals surface area contributed by atoms with E-state index in [-0.39, 0.29) is 24.7 Å². The summed E-state index contributed by atoms with van der Waals surface area (Å²) in [6.07, 6.45) is 8.44. The van der Waals surface area contributed by atoms with Gasteiger partial charge in [-0.15, -0.1) is 0 Å². The van der Waals surface area contributed by atoms with Crippen LogP contribution in [0, 0.1) is 6.92 Å². The molecule has 3 rings (SSSR count). The Hall–Kier alpha value is -2.34. The third-order valence-electron chi connectivity index (χ3n) is 4.44. The molecule has 138 valence electrons. The lowest BCUT2D eigenvalue weighted by molar-refractivity contribution is -0.124. The second-order valence-electron chi connectivity index (χ2n) is 6.35. The van der Waals surface area contributed by atoms with Crippen LogP contribution in [-0.2, 0) is 4.79 Å². The van der Waals surface area contributed by atoms with Crippen LogP contribution in [-0.4, -0.2) is 34.6 Å². The van der Waals surface area contributed by atoms with Gasteiger partial charge in [-0.05, 0) is 44.7 Å². The minimum absolute atomic E-state index is 0.0167. The summed E-state index contributed by atoms with van der Waals surface area (Å²) in [7, 11) is 0. The van der Waals surface area contributed by atoms with Crippen LogP contribution in [0.4, 0.5) is 0 Å². The van der Waals surface area contributed by atoms with Gasteiger partial charge in [-0.2, -0.15) is 0 Å². The summed E-state index contributed by atoms with van der Waals surface area (Å²) in [5.74, 6) is 1.06. The highest BCUT2D eigenvalue weighted by atomic mass is 35.5. The summed E-state index contributed by atoms with van der Waals surface area (Å²) in [5, 5.41) is 3.66. The predicted molar refractivity (Wildman–Crippen MR) is 98.5 cm³/mol. The molecule has 2 aromatic rings. The number of rotatable bonds is 6. The third-order valence-corrected chi connectivity index (χ3v) is 4.85. The molecule has 7 heteroatoms. The molecule has 0 radical (unpaired) electrons. The van der Waals surface area contributed by atoms with E-state index in [1.54, 1.807) is 30.7 Å². The molecule has 1 saturated carbocycles. The van der Waals surface area contributed by atoms with Crippen LogP contribution in [0.2, 0.25) is 5.02 Å². The molecule has 1 aliphatic rings. The van der Waals surface area contributed by atoms with Crippen LogP contribution in [0.3, 0.4) is 0 Å². The van der Waals surface area contributed by atoms with Crippen molar-refractivity contribution >= 4 is 17.5 Å². The van der Waals surface area contributed by atoms with Gasteiger partial charge in [0.25, 0.3) is 5.91 Å². The fourth-order valence-electron chi connectivity index (χ4n) is 3.00. The minimum atomic E-state index is -0.123. The molecule has 0 bridgehead atoms. The van der Waals surface area contributed by atoms with Gasteiger partial charge in [0.05, 0.1) is 6.20 Å². The summed E-state index contributed by atoms with van der Waals surface area (Å²) in [6, 6.07) is 5.56. The second-order valence-corrected chi connectivity index (χ2v) is 6.76. The fourth-order valence-corrected chi connectivity index (χ4v) is 3.16. The van der Waals surface area contributed by atoms with Crippen molar-refractivity contribution in [3.8, 4) is 11.6 Å². The van der Waals surface area contributed by atoms with E-state index in [4.69, 9.17) is 21.1 Å². The van der Waals surface area contributed by atoms with Crippen LogP contribution in [0.15, 0.2) is 36.8 Å². The number of hydrogen-bond donors (Lipinski definition) is 1. The second kappa shape index (κ2) is 8.85. The Balaban J connectivity index is 1.40. The smallest absolute Gasteiger partial charge is 0.258 e. The number of hydrogen-bond acceptors (Lipinski definition) is 5. The third kappa shape index (κ3) is 5.08. The molecular weight excluding hydrogens is 354 g/mol. The SMILES string of the molecule is Cc1c(Cl)cccc1OCC(=O)NC1CCC(Oc2cnccn2)CC1. The lowest BCUT2D eigenvalue weighted by Crippen LogP contribution is -2.41. The van der Waals surface area contributed by atoms with E-state index in [0.29, 0.717) is 16.7 Å². The number of amides is 1. The molecule has 1 aliphatic carbocycles. The van der Waals surface area contributed by atoms with Gasteiger partial charge in [-0.1, -0.05) is 17.7 Å². The van der Waals surface area contributed by atoms with Crippen LogP contribution in [0.25, 0.3) is 0 Å². The zero-order valence-electron chi connectivity index (χ0n) is 14.7. The molecule has 1 aromatic carbocycles. The summed E-state index contributed by atoms with van der Waals surface area (Å²) >= 11 is 6.06. The molecule has 1 N–H and O–H groups in total. The molecule has 0 saturated heterocycles. The Morgan fingerprint density at radius 1 is 1.27 bits per heavy atom. The molecule has 0 atom stereocenters. The highest BCUT2D eigenvalue weighted by Gasteiger charge is 2.24. The Labute approximate surface area is 157 Å². The maximum atomic E-state index is 12.1. The van der Waals surface area contributed by atoms with Crippen molar-refractivity contribution in [2.24, 2.45) is 0 Å². The summed E-state index contributed by atoms with van der Waals surface area (Å²) in [5.41, 5.74) is 0.837.